The number of rotatable bonds is 6. The number of hydrogen-bond donors (Lipinski definition) is 3. The number of aromatic nitrogens is 2. The second-order valence-electron chi connectivity index (χ2n) is 6.96. The van der Waals surface area contributed by atoms with E-state index in [1.54, 1.807) is 55.5 Å². The molecular weight excluding hydrogens is 394 g/mol. The summed E-state index contributed by atoms with van der Waals surface area (Å²) < 4.78 is 8.58. The summed E-state index contributed by atoms with van der Waals surface area (Å²) in [6, 6.07) is 23.4. The van der Waals surface area contributed by atoms with Gasteiger partial charge >= 0.3 is 11.9 Å². The van der Waals surface area contributed by atoms with Crippen molar-refractivity contribution in [1.82, 2.24) is 0 Å². The maximum Gasteiger partial charge on any atom is 0.632 e. The predicted octanol–water partition coefficient (Wildman–Crippen LogP) is 3.28. The summed E-state index contributed by atoms with van der Waals surface area (Å²) in [6.45, 7) is 2.04. The maximum atomic E-state index is 12.7. The van der Waals surface area contributed by atoms with Gasteiger partial charge in [0.1, 0.15) is 11.5 Å². The van der Waals surface area contributed by atoms with Crippen LogP contribution in [0.5, 0.6) is 23.4 Å². The Hall–Kier alpha value is -4.13. The van der Waals surface area contributed by atoms with Crippen LogP contribution in [0.4, 0.5) is 5.69 Å². The molecule has 3 N–H and O–H groups in total. The molecule has 0 aliphatic carbocycles. The fourth-order valence-electron chi connectivity index (χ4n) is 3.41. The molecule has 1 amide bonds. The first-order valence-corrected chi connectivity index (χ1v) is 9.96. The van der Waals surface area contributed by atoms with Gasteiger partial charge in [0.15, 0.2) is 11.9 Å². The second kappa shape index (κ2) is 8.71. The number of nitrogens with one attached hydrogen (secondary N) is 1. The lowest BCUT2D eigenvalue weighted by atomic mass is 10.2. The molecule has 3 aromatic carbocycles. The molecule has 0 aliphatic rings. The van der Waals surface area contributed by atoms with Gasteiger partial charge in [-0.3, -0.25) is 4.79 Å². The molecule has 0 aliphatic heterocycles. The summed E-state index contributed by atoms with van der Waals surface area (Å²) in [4.78, 5) is 12.7. The third kappa shape index (κ3) is 4.25. The fourth-order valence-corrected chi connectivity index (χ4v) is 3.41. The smallest absolute Gasteiger partial charge is 0.459 e. The van der Waals surface area contributed by atoms with Crippen molar-refractivity contribution in [2.45, 2.75) is 20.0 Å². The number of fused-ring (bicyclic) bond motifs is 1. The number of para-hydroxylation sites is 2. The summed E-state index contributed by atoms with van der Waals surface area (Å²) >= 11 is 0. The van der Waals surface area contributed by atoms with Crippen LogP contribution >= 0.6 is 0 Å². The molecule has 31 heavy (non-hydrogen) atoms. The number of amides is 1. The zero-order valence-corrected chi connectivity index (χ0v) is 17.0. The van der Waals surface area contributed by atoms with E-state index in [2.05, 4.69) is 5.32 Å². The van der Waals surface area contributed by atoms with Crippen molar-refractivity contribution in [2.24, 2.45) is 0 Å². The number of carbonyl (C=O) groups is 1. The monoisotopic (exact) mass is 417 g/mol. The van der Waals surface area contributed by atoms with Crippen molar-refractivity contribution in [3.63, 3.8) is 0 Å². The molecule has 0 bridgehead atoms. The van der Waals surface area contributed by atoms with Gasteiger partial charge < -0.3 is 20.3 Å². The van der Waals surface area contributed by atoms with E-state index in [-0.39, 0.29) is 24.3 Å². The van der Waals surface area contributed by atoms with Gasteiger partial charge in [0, 0.05) is 11.8 Å². The topological polar surface area (TPSA) is 86.6 Å². The lowest BCUT2D eigenvalue weighted by molar-refractivity contribution is -0.815. The Bertz CT molecular complexity index is 1230. The first-order valence-electron chi connectivity index (χ1n) is 9.96. The molecule has 7 heteroatoms. The lowest BCUT2D eigenvalue weighted by Crippen LogP contribution is -2.50. The predicted molar refractivity (Wildman–Crippen MR) is 115 cm³/mol. The van der Waals surface area contributed by atoms with E-state index < -0.39 is 0 Å². The highest BCUT2D eigenvalue weighted by Crippen LogP contribution is 2.23. The van der Waals surface area contributed by atoms with Crippen molar-refractivity contribution in [3.05, 3.63) is 78.9 Å². The molecule has 4 aromatic rings. The van der Waals surface area contributed by atoms with Gasteiger partial charge in [-0.05, 0) is 49.4 Å². The van der Waals surface area contributed by atoms with Gasteiger partial charge in [-0.1, -0.05) is 39.5 Å². The standard InChI is InChI=1S/C24H21N3O4/c1-2-26-23(29)20-10-6-7-11-21(20)27(24(26)30)16-22(28)25-17-12-14-19(15-13-17)31-18-8-4-3-5-9-18/h3-15H,2,16H2,1H3,(H,25,28)/p+2. The van der Waals surface area contributed by atoms with Crippen LogP contribution in [-0.2, 0) is 17.9 Å². The highest BCUT2D eigenvalue weighted by atomic mass is 16.5. The average Bonchev–Trinajstić information content (AvgIpc) is 2.79. The Morgan fingerprint density at radius 3 is 2.23 bits per heavy atom. The minimum absolute atomic E-state index is 0.0405. The largest absolute Gasteiger partial charge is 0.632 e. The number of aromatic hydroxyl groups is 2. The van der Waals surface area contributed by atoms with Crippen LogP contribution in [-0.4, -0.2) is 16.1 Å². The van der Waals surface area contributed by atoms with Crippen LogP contribution in [0.25, 0.3) is 10.9 Å². The van der Waals surface area contributed by atoms with Gasteiger partial charge in [0.2, 0.25) is 12.1 Å². The van der Waals surface area contributed by atoms with Crippen LogP contribution in [0, 0.1) is 0 Å². The Morgan fingerprint density at radius 2 is 1.52 bits per heavy atom. The average molecular weight is 417 g/mol. The lowest BCUT2D eigenvalue weighted by Gasteiger charge is -2.08. The van der Waals surface area contributed by atoms with Crippen molar-refractivity contribution < 1.29 is 28.9 Å². The fraction of sp³-hybridized carbons (Fsp3) is 0.125. The summed E-state index contributed by atoms with van der Waals surface area (Å²) in [6.07, 6.45) is 0. The molecule has 0 spiro atoms. The van der Waals surface area contributed by atoms with E-state index in [0.29, 0.717) is 28.9 Å². The van der Waals surface area contributed by atoms with Gasteiger partial charge in [-0.2, -0.15) is 0 Å². The number of carbonyl (C=O) groups excluding carboxylic acids is 1. The minimum atomic E-state index is -0.310. The van der Waals surface area contributed by atoms with Crippen LogP contribution in [0.2, 0.25) is 0 Å². The van der Waals surface area contributed by atoms with Gasteiger partial charge in [-0.15, -0.1) is 0 Å². The second-order valence-corrected chi connectivity index (χ2v) is 6.96. The first kappa shape index (κ1) is 20.2. The van der Waals surface area contributed by atoms with Crippen molar-refractivity contribution >= 4 is 22.5 Å². The third-order valence-electron chi connectivity index (χ3n) is 4.91. The summed E-state index contributed by atoms with van der Waals surface area (Å²) in [7, 11) is 0. The van der Waals surface area contributed by atoms with Crippen LogP contribution < -0.4 is 19.2 Å². The van der Waals surface area contributed by atoms with E-state index in [4.69, 9.17) is 4.74 Å². The Morgan fingerprint density at radius 1 is 0.871 bits per heavy atom. The molecule has 0 atom stereocenters. The normalized spacial score (nSPS) is 10.7. The number of benzene rings is 3. The summed E-state index contributed by atoms with van der Waals surface area (Å²) in [5.41, 5.74) is 1.17. The number of hydrogen-bond acceptors (Lipinski definition) is 4. The van der Waals surface area contributed by atoms with Gasteiger partial charge in [0.05, 0.1) is 0 Å². The number of ether oxygens (including phenoxy) is 1. The Balaban J connectivity index is 1.52. The van der Waals surface area contributed by atoms with Crippen LogP contribution in [0.1, 0.15) is 6.92 Å². The quantitative estimate of drug-likeness (QED) is 0.420. The molecule has 0 saturated heterocycles. The molecule has 0 fully saturated rings. The highest BCUT2D eigenvalue weighted by molar-refractivity contribution is 5.90. The van der Waals surface area contributed by atoms with Gasteiger partial charge in [0.25, 0.3) is 5.91 Å². The molecule has 7 nitrogen and oxygen atoms in total. The van der Waals surface area contributed by atoms with E-state index in [1.807, 2.05) is 30.3 Å². The third-order valence-corrected chi connectivity index (χ3v) is 4.91. The van der Waals surface area contributed by atoms with Crippen molar-refractivity contribution in [1.29, 1.82) is 0 Å². The molecule has 4 rings (SSSR count). The van der Waals surface area contributed by atoms with Crippen LogP contribution in [0.15, 0.2) is 78.9 Å². The summed E-state index contributed by atoms with van der Waals surface area (Å²) in [5.74, 6) is 1.04. The molecule has 1 aromatic heterocycles. The molecule has 0 radical (unpaired) electrons. The minimum Gasteiger partial charge on any atom is -0.459 e. The van der Waals surface area contributed by atoms with Crippen molar-refractivity contribution in [2.75, 3.05) is 5.32 Å². The first-order chi connectivity index (χ1) is 15.1. The zero-order chi connectivity index (χ0) is 21.8. The van der Waals surface area contributed by atoms with E-state index in [1.165, 1.54) is 9.13 Å². The Labute approximate surface area is 179 Å². The van der Waals surface area contributed by atoms with Crippen molar-refractivity contribution in [3.8, 4) is 23.4 Å². The highest BCUT2D eigenvalue weighted by Gasteiger charge is 2.33. The van der Waals surface area contributed by atoms with E-state index in [9.17, 15) is 15.0 Å². The number of nitrogens with zero attached hydrogens (tertiary/aromatic N) is 2. The number of anilines is 1. The molecule has 1 heterocycles. The van der Waals surface area contributed by atoms with Crippen LogP contribution in [0.3, 0.4) is 0 Å². The van der Waals surface area contributed by atoms with E-state index >= 15 is 0 Å². The molecule has 0 saturated carbocycles. The zero-order valence-electron chi connectivity index (χ0n) is 17.0. The Kier molecular flexibility index (Phi) is 5.66. The molecule has 156 valence electrons. The molecule has 0 unspecified atom stereocenters. The SMILES string of the molecule is CC[n+]1c(O)c2ccccc2[n+](CC(=O)Nc2ccc(Oc3ccccc3)cc2)c1O. The van der Waals surface area contributed by atoms with Gasteiger partial charge in [-0.25, -0.2) is 0 Å². The molecular formula is C24H23N3O4+2. The van der Waals surface area contributed by atoms with E-state index in [0.717, 1.165) is 5.75 Å². The summed E-state index contributed by atoms with van der Waals surface area (Å²) in [5, 5.41) is 24.4. The maximum absolute atomic E-state index is 12.7.